The predicted octanol–water partition coefficient (Wildman–Crippen LogP) is 8.41. The van der Waals surface area contributed by atoms with Crippen LogP contribution in [0, 0.1) is 17.8 Å². The van der Waals surface area contributed by atoms with Gasteiger partial charge in [0, 0.05) is 40.7 Å². The first-order valence-electron chi connectivity index (χ1n) is 15.0. The van der Waals surface area contributed by atoms with Crippen LogP contribution in [0.2, 0.25) is 0 Å². The van der Waals surface area contributed by atoms with Crippen LogP contribution >= 0.6 is 12.6 Å². The molecule has 1 heterocycles. The van der Waals surface area contributed by atoms with Crippen LogP contribution in [0.4, 0.5) is 0 Å². The fraction of sp³-hybridized carbons (Fsp3) is 0.444. The van der Waals surface area contributed by atoms with Crippen molar-refractivity contribution in [2.45, 2.75) is 75.0 Å². The van der Waals surface area contributed by atoms with Gasteiger partial charge in [-0.2, -0.15) is 12.6 Å². The van der Waals surface area contributed by atoms with Gasteiger partial charge in [-0.3, -0.25) is 9.98 Å². The molecule has 1 aromatic rings. The summed E-state index contributed by atoms with van der Waals surface area (Å²) in [4.78, 5) is 9.22. The summed E-state index contributed by atoms with van der Waals surface area (Å²) in [5.41, 5.74) is 14.7. The second-order valence-electron chi connectivity index (χ2n) is 12.0. The minimum absolute atomic E-state index is 0.128. The highest BCUT2D eigenvalue weighted by atomic mass is 32.1. The third kappa shape index (κ3) is 5.58. The molecule has 4 aliphatic carbocycles. The molecule has 5 atom stereocenters. The molecule has 5 rings (SSSR count). The number of thiol groups is 1. The van der Waals surface area contributed by atoms with Crippen LogP contribution in [-0.2, 0) is 0 Å². The Balaban J connectivity index is 1.37. The van der Waals surface area contributed by atoms with E-state index >= 15 is 0 Å². The molecule has 3 nitrogen and oxygen atoms in total. The monoisotopic (exact) mass is 551 g/mol. The van der Waals surface area contributed by atoms with Gasteiger partial charge in [0.05, 0.1) is 6.54 Å². The maximum Gasteiger partial charge on any atom is 0.0639 e. The predicted molar refractivity (Wildman–Crippen MR) is 175 cm³/mol. The van der Waals surface area contributed by atoms with Crippen molar-refractivity contribution in [1.82, 2.24) is 4.98 Å². The number of aromatic nitrogens is 1. The van der Waals surface area contributed by atoms with Gasteiger partial charge in [0.15, 0.2) is 0 Å². The van der Waals surface area contributed by atoms with Crippen LogP contribution in [0.25, 0.3) is 5.57 Å². The SMILES string of the molecule is C=C/C=C\C(=C/C)C1=CC[C@H]2C3CC/C4=C/C/C(=N/CC(=C)c5cccnc5)CCC[C@]4(N)[C@H]3C=CCC[C@]12S. The van der Waals surface area contributed by atoms with Crippen molar-refractivity contribution in [2.75, 3.05) is 6.54 Å². The number of nitrogens with zero attached hydrogens (tertiary/aromatic N) is 2. The van der Waals surface area contributed by atoms with Crippen LogP contribution < -0.4 is 5.73 Å². The molecule has 0 spiro atoms. The third-order valence-corrected chi connectivity index (χ3v) is 10.6. The first-order chi connectivity index (χ1) is 19.4. The lowest BCUT2D eigenvalue weighted by atomic mass is 9.56. The van der Waals surface area contributed by atoms with Crippen molar-refractivity contribution in [3.8, 4) is 0 Å². The van der Waals surface area contributed by atoms with Crippen LogP contribution in [0.1, 0.15) is 70.3 Å². The van der Waals surface area contributed by atoms with E-state index in [1.807, 2.05) is 24.4 Å². The summed E-state index contributed by atoms with van der Waals surface area (Å²) in [6.07, 6.45) is 31.2. The Labute approximate surface area is 247 Å². The number of hydrogen-bond acceptors (Lipinski definition) is 4. The van der Waals surface area contributed by atoms with Gasteiger partial charge in [-0.25, -0.2) is 0 Å². The molecule has 0 radical (unpaired) electrons. The van der Waals surface area contributed by atoms with E-state index in [0.29, 0.717) is 24.3 Å². The lowest BCUT2D eigenvalue weighted by Gasteiger charge is -2.53. The lowest BCUT2D eigenvalue weighted by Crippen LogP contribution is -2.57. The van der Waals surface area contributed by atoms with Gasteiger partial charge in [0.25, 0.3) is 0 Å². The van der Waals surface area contributed by atoms with E-state index in [1.54, 1.807) is 6.20 Å². The zero-order valence-electron chi connectivity index (χ0n) is 24.1. The summed E-state index contributed by atoms with van der Waals surface area (Å²) < 4.78 is -0.128. The number of hydrogen-bond donors (Lipinski definition) is 2. The van der Waals surface area contributed by atoms with Crippen molar-refractivity contribution in [2.24, 2.45) is 28.5 Å². The van der Waals surface area contributed by atoms with Crippen molar-refractivity contribution in [1.29, 1.82) is 0 Å². The van der Waals surface area contributed by atoms with Crippen LogP contribution in [0.15, 0.2) is 108 Å². The molecule has 4 heteroatoms. The second kappa shape index (κ2) is 12.4. The van der Waals surface area contributed by atoms with Crippen molar-refractivity contribution in [3.05, 3.63) is 109 Å². The zero-order chi connectivity index (χ0) is 28.2. The molecule has 0 amide bonds. The number of allylic oxidation sites excluding steroid dienone is 8. The molecular weight excluding hydrogens is 506 g/mol. The molecule has 1 unspecified atom stereocenters. The van der Waals surface area contributed by atoms with Gasteiger partial charge in [-0.15, -0.1) is 0 Å². The highest BCUT2D eigenvalue weighted by molar-refractivity contribution is 7.82. The Morgan fingerprint density at radius 2 is 2.15 bits per heavy atom. The number of fused-ring (bicyclic) bond motifs is 5. The molecule has 0 saturated heterocycles. The van der Waals surface area contributed by atoms with E-state index in [9.17, 15) is 0 Å². The smallest absolute Gasteiger partial charge is 0.0639 e. The van der Waals surface area contributed by atoms with Gasteiger partial charge in [-0.1, -0.05) is 73.4 Å². The quantitative estimate of drug-likeness (QED) is 0.212. The van der Waals surface area contributed by atoms with Crippen molar-refractivity contribution in [3.63, 3.8) is 0 Å². The minimum atomic E-state index is -0.287. The lowest BCUT2D eigenvalue weighted by molar-refractivity contribution is 0.125. The number of aliphatic imine (C=N–C) groups is 1. The van der Waals surface area contributed by atoms with E-state index in [0.717, 1.165) is 62.5 Å². The summed E-state index contributed by atoms with van der Waals surface area (Å²) in [5, 5.41) is 0. The van der Waals surface area contributed by atoms with E-state index in [-0.39, 0.29) is 10.3 Å². The van der Waals surface area contributed by atoms with E-state index in [1.165, 1.54) is 28.9 Å². The fourth-order valence-electron chi connectivity index (χ4n) is 7.75. The summed E-state index contributed by atoms with van der Waals surface area (Å²) in [7, 11) is 0. The molecule has 40 heavy (non-hydrogen) atoms. The molecule has 0 bridgehead atoms. The highest BCUT2D eigenvalue weighted by Gasteiger charge is 2.54. The molecule has 0 aliphatic heterocycles. The van der Waals surface area contributed by atoms with Crippen LogP contribution in [-0.4, -0.2) is 27.5 Å². The molecule has 1 saturated carbocycles. The standard InChI is InChI=1S/C36H45N3S/c1-4-6-11-27(5-2)32-19-20-34-31-18-16-29-15-17-30(39-24-26(3)28-12-10-23-38-25-28)13-9-21-35(29,37)33(31)14-7-8-22-36(32,34)40/h4-7,10-12,14-15,19,23,25,31,33-34,40H,1,3,8-9,13,16-18,20-22,24,37H2,2H3/b11-6-,14-7?,27-5+,29-15-,39-30+/t31?,33-,34-,35+,36-/m0/s1. The molecule has 4 aliphatic rings. The Kier molecular flexibility index (Phi) is 8.97. The highest BCUT2D eigenvalue weighted by Crippen LogP contribution is 2.58. The Bertz CT molecular complexity index is 1300. The van der Waals surface area contributed by atoms with Crippen molar-refractivity contribution < 1.29 is 0 Å². The second-order valence-corrected chi connectivity index (χ2v) is 12.8. The topological polar surface area (TPSA) is 51.3 Å². The number of nitrogens with two attached hydrogens (primary N) is 1. The maximum absolute atomic E-state index is 7.51. The summed E-state index contributed by atoms with van der Waals surface area (Å²) in [6.45, 7) is 10.9. The Hall–Kier alpha value is -2.69. The third-order valence-electron chi connectivity index (χ3n) is 9.85. The van der Waals surface area contributed by atoms with Crippen LogP contribution in [0.5, 0.6) is 0 Å². The molecule has 210 valence electrons. The van der Waals surface area contributed by atoms with Gasteiger partial charge in [-0.05, 0) is 98.5 Å². The van der Waals surface area contributed by atoms with E-state index in [2.05, 4.69) is 67.6 Å². The summed E-state index contributed by atoms with van der Waals surface area (Å²) in [5.74, 6) is 1.37. The molecule has 1 fully saturated rings. The van der Waals surface area contributed by atoms with Gasteiger partial charge in [0.2, 0.25) is 0 Å². The largest absolute Gasteiger partial charge is 0.321 e. The van der Waals surface area contributed by atoms with Crippen molar-refractivity contribution >= 4 is 23.9 Å². The van der Waals surface area contributed by atoms with E-state index < -0.39 is 0 Å². The number of pyridine rings is 1. The first kappa shape index (κ1) is 28.8. The van der Waals surface area contributed by atoms with Gasteiger partial charge in [0.1, 0.15) is 0 Å². The summed E-state index contributed by atoms with van der Waals surface area (Å²) >= 11 is 5.53. The first-order valence-corrected chi connectivity index (χ1v) is 15.5. The van der Waals surface area contributed by atoms with E-state index in [4.69, 9.17) is 23.4 Å². The normalized spacial score (nSPS) is 34.8. The maximum atomic E-state index is 7.51. The van der Waals surface area contributed by atoms with Crippen LogP contribution in [0.3, 0.4) is 0 Å². The summed E-state index contributed by atoms with van der Waals surface area (Å²) in [6, 6.07) is 4.01. The fourth-order valence-corrected chi connectivity index (χ4v) is 8.40. The molecular formula is C36H45N3S. The zero-order valence-corrected chi connectivity index (χ0v) is 25.0. The Morgan fingerprint density at radius 3 is 2.92 bits per heavy atom. The molecule has 2 N–H and O–H groups in total. The Morgan fingerprint density at radius 1 is 1.27 bits per heavy atom. The molecule has 0 aromatic carbocycles. The number of rotatable bonds is 6. The van der Waals surface area contributed by atoms with Gasteiger partial charge >= 0.3 is 0 Å². The average molecular weight is 552 g/mol. The molecule has 1 aromatic heterocycles. The van der Waals surface area contributed by atoms with Gasteiger partial charge < -0.3 is 5.73 Å². The average Bonchev–Trinajstić information content (AvgIpc) is 3.27. The minimum Gasteiger partial charge on any atom is -0.321 e.